The van der Waals surface area contributed by atoms with E-state index in [1.807, 2.05) is 0 Å². The minimum absolute atomic E-state index is 0.0776. The summed E-state index contributed by atoms with van der Waals surface area (Å²) >= 11 is 1.34. The molecule has 0 aromatic carbocycles. The van der Waals surface area contributed by atoms with Gasteiger partial charge in [0.15, 0.2) is 22.1 Å². The van der Waals surface area contributed by atoms with Crippen LogP contribution in [0.1, 0.15) is 18.9 Å². The number of fused-ring (bicyclic) bond motifs is 1. The fourth-order valence-electron chi connectivity index (χ4n) is 2.57. The first-order chi connectivity index (χ1) is 11.0. The van der Waals surface area contributed by atoms with E-state index in [0.717, 1.165) is 0 Å². The zero-order valence-electron chi connectivity index (χ0n) is 12.1. The van der Waals surface area contributed by atoms with Gasteiger partial charge in [-0.2, -0.15) is 0 Å². The zero-order valence-corrected chi connectivity index (χ0v) is 13.0. The molecule has 10 nitrogen and oxygen atoms in total. The maximum Gasteiger partial charge on any atom is 0.191 e. The monoisotopic (exact) mass is 342 g/mol. The lowest BCUT2D eigenvalue weighted by atomic mass is 10.2. The molecule has 2 heterocycles. The van der Waals surface area contributed by atoms with Crippen LogP contribution in [0.25, 0.3) is 11.2 Å². The van der Waals surface area contributed by atoms with Crippen molar-refractivity contribution in [2.75, 3.05) is 18.1 Å². The van der Waals surface area contributed by atoms with Gasteiger partial charge in [-0.3, -0.25) is 0 Å². The van der Waals surface area contributed by atoms with Crippen molar-refractivity contribution in [3.8, 4) is 0 Å². The van der Waals surface area contributed by atoms with E-state index in [2.05, 4.69) is 20.3 Å². The Labute approximate surface area is 135 Å². The van der Waals surface area contributed by atoms with Crippen LogP contribution in [0.4, 0.5) is 5.82 Å². The smallest absolute Gasteiger partial charge is 0.191 e. The summed E-state index contributed by atoms with van der Waals surface area (Å²) in [6.07, 6.45) is -2.71. The highest BCUT2D eigenvalue weighted by Crippen LogP contribution is 2.33. The highest BCUT2D eigenvalue weighted by atomic mass is 32.2. The first-order valence-electron chi connectivity index (χ1n) is 7.19. The molecule has 0 amide bonds. The van der Waals surface area contributed by atoms with Gasteiger partial charge in [0.25, 0.3) is 0 Å². The number of nitrogens with zero attached hydrogens (tertiary/aromatic N) is 5. The van der Waals surface area contributed by atoms with Crippen molar-refractivity contribution in [2.24, 2.45) is 0 Å². The van der Waals surface area contributed by atoms with Gasteiger partial charge in [-0.1, -0.05) is 17.0 Å². The summed E-state index contributed by atoms with van der Waals surface area (Å²) in [4.78, 5) is 8.48. The van der Waals surface area contributed by atoms with Gasteiger partial charge in [0, 0.05) is 18.8 Å². The number of hydrogen-bond acceptors (Lipinski definition) is 10. The van der Waals surface area contributed by atoms with Crippen molar-refractivity contribution in [1.82, 2.24) is 25.0 Å². The lowest BCUT2D eigenvalue weighted by Crippen LogP contribution is -2.31. The molecule has 126 valence electrons. The summed E-state index contributed by atoms with van der Waals surface area (Å²) in [6.45, 7) is 0.0776. The molecule has 2 aromatic heterocycles. The maximum absolute atomic E-state index is 10.1. The van der Waals surface area contributed by atoms with Gasteiger partial charge >= 0.3 is 0 Å². The van der Waals surface area contributed by atoms with Crippen LogP contribution < -0.4 is 5.73 Å². The molecule has 1 fully saturated rings. The average Bonchev–Trinajstić information content (AvgIpc) is 3.05. The molecule has 4 atom stereocenters. The van der Waals surface area contributed by atoms with Crippen LogP contribution in [0, 0.1) is 0 Å². The molecule has 6 N–H and O–H groups in total. The Balaban J connectivity index is 1.95. The van der Waals surface area contributed by atoms with E-state index in [1.54, 1.807) is 0 Å². The van der Waals surface area contributed by atoms with Crippen molar-refractivity contribution in [3.63, 3.8) is 0 Å². The number of rotatable bonds is 5. The summed E-state index contributed by atoms with van der Waals surface area (Å²) < 4.78 is 1.37. The van der Waals surface area contributed by atoms with Crippen molar-refractivity contribution < 1.29 is 20.4 Å². The van der Waals surface area contributed by atoms with Crippen LogP contribution in [0.3, 0.4) is 0 Å². The molecule has 11 heteroatoms. The second-order valence-electron chi connectivity index (χ2n) is 5.37. The Bertz CT molecular complexity index is 697. The Morgan fingerprint density at radius 1 is 1.22 bits per heavy atom. The third-order valence-corrected chi connectivity index (χ3v) is 4.73. The molecule has 23 heavy (non-hydrogen) atoms. The molecule has 3 rings (SSSR count). The van der Waals surface area contributed by atoms with E-state index in [-0.39, 0.29) is 18.8 Å². The van der Waals surface area contributed by atoms with Gasteiger partial charge in [0.2, 0.25) is 0 Å². The number of nitrogens with two attached hydrogens (primary N) is 1. The molecule has 0 bridgehead atoms. The zero-order chi connectivity index (χ0) is 16.6. The molecule has 1 aliphatic rings. The van der Waals surface area contributed by atoms with E-state index >= 15 is 0 Å². The molecule has 1 saturated carbocycles. The largest absolute Gasteiger partial charge is 0.396 e. The highest BCUT2D eigenvalue weighted by molar-refractivity contribution is 7.99. The van der Waals surface area contributed by atoms with Gasteiger partial charge in [0.05, 0.1) is 12.1 Å². The number of aromatic nitrogens is 5. The Hall–Kier alpha value is -1.53. The second-order valence-corrected chi connectivity index (χ2v) is 6.44. The Morgan fingerprint density at radius 3 is 2.65 bits per heavy atom. The molecule has 0 aliphatic heterocycles. The van der Waals surface area contributed by atoms with Crippen LogP contribution in [-0.4, -0.2) is 76.1 Å². The standard InChI is InChI=1S/C12H18N6O4S/c13-10-7-11(15-12(14-10)23-3-1-2-19)18(17-16-7)5-4-6(20)9(22)8(5)21/h5-6,8-9,19-22H,1-4H2,(H2,13,14,15)/t5-,6+,8+,9-/m1/s1. The highest BCUT2D eigenvalue weighted by Gasteiger charge is 2.43. The predicted octanol–water partition coefficient (Wildman–Crippen LogP) is -1.69. The average molecular weight is 342 g/mol. The van der Waals surface area contributed by atoms with E-state index in [4.69, 9.17) is 10.8 Å². The number of anilines is 1. The van der Waals surface area contributed by atoms with E-state index in [9.17, 15) is 15.3 Å². The van der Waals surface area contributed by atoms with Gasteiger partial charge in [0.1, 0.15) is 12.2 Å². The molecular weight excluding hydrogens is 324 g/mol. The van der Waals surface area contributed by atoms with Crippen LogP contribution >= 0.6 is 11.8 Å². The van der Waals surface area contributed by atoms with Crippen molar-refractivity contribution in [3.05, 3.63) is 0 Å². The van der Waals surface area contributed by atoms with E-state index < -0.39 is 24.4 Å². The number of nitrogen functional groups attached to an aromatic ring is 1. The normalized spacial score (nSPS) is 27.8. The predicted molar refractivity (Wildman–Crippen MR) is 81.6 cm³/mol. The van der Waals surface area contributed by atoms with Crippen LogP contribution in [-0.2, 0) is 0 Å². The van der Waals surface area contributed by atoms with Gasteiger partial charge in [-0.15, -0.1) is 5.10 Å². The first kappa shape index (κ1) is 16.3. The number of thioether (sulfide) groups is 1. The lowest BCUT2D eigenvalue weighted by Gasteiger charge is -2.16. The molecule has 0 saturated heterocycles. The minimum atomic E-state index is -1.24. The summed E-state index contributed by atoms with van der Waals surface area (Å²) in [5, 5.41) is 46.6. The fraction of sp³-hybridized carbons (Fsp3) is 0.667. The first-order valence-corrected chi connectivity index (χ1v) is 8.17. The van der Waals surface area contributed by atoms with Crippen molar-refractivity contribution in [2.45, 2.75) is 42.4 Å². The quantitative estimate of drug-likeness (QED) is 0.240. The van der Waals surface area contributed by atoms with Crippen LogP contribution in [0.5, 0.6) is 0 Å². The summed E-state index contributed by atoms with van der Waals surface area (Å²) in [5.74, 6) is 0.799. The van der Waals surface area contributed by atoms with Gasteiger partial charge in [-0.05, 0) is 6.42 Å². The molecule has 0 unspecified atom stereocenters. The summed E-state index contributed by atoms with van der Waals surface area (Å²) in [5.41, 5.74) is 6.52. The van der Waals surface area contributed by atoms with Crippen LogP contribution in [0.2, 0.25) is 0 Å². The van der Waals surface area contributed by atoms with Crippen LogP contribution in [0.15, 0.2) is 5.16 Å². The number of aliphatic hydroxyl groups excluding tert-OH is 4. The molecule has 2 aromatic rings. The minimum Gasteiger partial charge on any atom is -0.396 e. The van der Waals surface area contributed by atoms with E-state index in [0.29, 0.717) is 28.5 Å². The Kier molecular flexibility index (Phi) is 4.64. The topological polar surface area (TPSA) is 163 Å². The molecular formula is C12H18N6O4S. The van der Waals surface area contributed by atoms with Crippen molar-refractivity contribution >= 4 is 28.7 Å². The third-order valence-electron chi connectivity index (χ3n) is 3.80. The Morgan fingerprint density at radius 2 is 2.00 bits per heavy atom. The summed E-state index contributed by atoms with van der Waals surface area (Å²) in [6, 6.07) is -0.644. The SMILES string of the molecule is Nc1nc(SCCCO)nc2c1nnn2[C@@H]1C[C@H](O)[C@@H](O)[C@H]1O. The molecule has 0 spiro atoms. The fourth-order valence-corrected chi connectivity index (χ4v) is 3.34. The van der Waals surface area contributed by atoms with Gasteiger partial charge < -0.3 is 26.2 Å². The summed E-state index contributed by atoms with van der Waals surface area (Å²) in [7, 11) is 0. The third kappa shape index (κ3) is 2.97. The number of hydrogen-bond donors (Lipinski definition) is 5. The molecule has 0 radical (unpaired) electrons. The van der Waals surface area contributed by atoms with Gasteiger partial charge in [-0.25, -0.2) is 14.6 Å². The number of aliphatic hydroxyl groups is 4. The lowest BCUT2D eigenvalue weighted by molar-refractivity contribution is -0.0253. The second kappa shape index (κ2) is 6.53. The van der Waals surface area contributed by atoms with Crippen molar-refractivity contribution in [1.29, 1.82) is 0 Å². The maximum atomic E-state index is 10.1. The molecule has 1 aliphatic carbocycles. The van der Waals surface area contributed by atoms with E-state index in [1.165, 1.54) is 16.4 Å².